The number of rotatable bonds is 7. The number of aliphatic hydroxyl groups excluding tert-OH is 1. The summed E-state index contributed by atoms with van der Waals surface area (Å²) < 4.78 is 23.1. The van der Waals surface area contributed by atoms with E-state index in [1.54, 1.807) is 10.8 Å². The number of aryl methyl sites for hydroxylation is 2. The van der Waals surface area contributed by atoms with E-state index in [1.807, 2.05) is 19.1 Å². The minimum absolute atomic E-state index is 0.0695. The van der Waals surface area contributed by atoms with Crippen LogP contribution >= 0.6 is 0 Å². The first-order chi connectivity index (χ1) is 15.4. The van der Waals surface area contributed by atoms with Crippen molar-refractivity contribution in [3.05, 3.63) is 80.5 Å². The monoisotopic (exact) mass is 439 g/mol. The lowest BCUT2D eigenvalue weighted by molar-refractivity contribution is 0.277. The Morgan fingerprint density at radius 1 is 1.09 bits per heavy atom. The molecule has 0 spiro atoms. The molecule has 10 heteroatoms. The van der Waals surface area contributed by atoms with Gasteiger partial charge in [0.1, 0.15) is 11.6 Å². The van der Waals surface area contributed by atoms with Gasteiger partial charge >= 0.3 is 11.7 Å². The summed E-state index contributed by atoms with van der Waals surface area (Å²) in [6.07, 6.45) is 1.97. The van der Waals surface area contributed by atoms with E-state index in [0.29, 0.717) is 11.4 Å². The van der Waals surface area contributed by atoms with Crippen LogP contribution in [0.2, 0.25) is 0 Å². The van der Waals surface area contributed by atoms with Crippen LogP contribution in [0.5, 0.6) is 11.8 Å². The van der Waals surface area contributed by atoms with Gasteiger partial charge in [0.2, 0.25) is 0 Å². The Balaban J connectivity index is 1.92. The van der Waals surface area contributed by atoms with Gasteiger partial charge in [-0.1, -0.05) is 6.07 Å². The van der Waals surface area contributed by atoms with Gasteiger partial charge < -0.3 is 9.84 Å². The molecular weight excluding hydrogens is 417 g/mol. The van der Waals surface area contributed by atoms with Crippen molar-refractivity contribution in [1.29, 1.82) is 0 Å². The van der Waals surface area contributed by atoms with Gasteiger partial charge in [-0.15, -0.1) is 0 Å². The molecule has 0 fully saturated rings. The molecule has 4 aromatic rings. The second kappa shape index (κ2) is 8.75. The van der Waals surface area contributed by atoms with Crippen LogP contribution in [0.3, 0.4) is 0 Å². The molecule has 0 aliphatic rings. The number of fused-ring (bicyclic) bond motifs is 1. The highest BCUT2D eigenvalue weighted by atomic mass is 19.1. The van der Waals surface area contributed by atoms with Gasteiger partial charge in [-0.2, -0.15) is 4.98 Å². The van der Waals surface area contributed by atoms with E-state index in [4.69, 9.17) is 9.84 Å². The van der Waals surface area contributed by atoms with Gasteiger partial charge in [-0.05, 0) is 49.2 Å². The fourth-order valence-electron chi connectivity index (χ4n) is 3.36. The number of pyridine rings is 1. The van der Waals surface area contributed by atoms with Crippen LogP contribution < -0.4 is 16.0 Å². The average molecular weight is 439 g/mol. The van der Waals surface area contributed by atoms with Crippen LogP contribution in [0.4, 0.5) is 4.39 Å². The summed E-state index contributed by atoms with van der Waals surface area (Å²) in [6, 6.07) is 9.19. The minimum Gasteiger partial charge on any atom is -0.425 e. The first kappa shape index (κ1) is 21.4. The normalized spacial score (nSPS) is 11.2. The summed E-state index contributed by atoms with van der Waals surface area (Å²) in [5.74, 6) is -0.0886. The number of hydrogen-bond acceptors (Lipinski definition) is 6. The van der Waals surface area contributed by atoms with Crippen molar-refractivity contribution in [2.45, 2.75) is 26.4 Å². The van der Waals surface area contributed by atoms with Crippen molar-refractivity contribution in [2.24, 2.45) is 7.05 Å². The lowest BCUT2D eigenvalue weighted by Crippen LogP contribution is -2.39. The van der Waals surface area contributed by atoms with Crippen LogP contribution in [-0.2, 0) is 20.1 Å². The summed E-state index contributed by atoms with van der Waals surface area (Å²) >= 11 is 0. The zero-order valence-corrected chi connectivity index (χ0v) is 17.7. The maximum absolute atomic E-state index is 13.3. The summed E-state index contributed by atoms with van der Waals surface area (Å²) in [5, 5.41) is 9.15. The number of aliphatic hydroxyl groups is 1. The standard InChI is InChI=1S/C22H22FN5O4/c1-14-4-7-16(24-12-14)13-28-18-19(25-21(28)32-17-8-5-15(23)6-9-17)26(2)22(31)27(20(18)30)10-3-11-29/h4-9,12,29H,3,10-11,13H2,1-2H3. The Morgan fingerprint density at radius 2 is 1.84 bits per heavy atom. The quantitative estimate of drug-likeness (QED) is 0.472. The van der Waals surface area contributed by atoms with E-state index in [1.165, 1.54) is 35.9 Å². The fourth-order valence-corrected chi connectivity index (χ4v) is 3.36. The van der Waals surface area contributed by atoms with E-state index in [-0.39, 0.29) is 43.3 Å². The molecule has 0 aliphatic heterocycles. The third-order valence-corrected chi connectivity index (χ3v) is 5.05. The number of halogens is 1. The number of benzene rings is 1. The average Bonchev–Trinajstić information content (AvgIpc) is 3.13. The smallest absolute Gasteiger partial charge is 0.332 e. The van der Waals surface area contributed by atoms with E-state index < -0.39 is 17.1 Å². The molecule has 0 atom stereocenters. The molecule has 1 N–H and O–H groups in total. The Morgan fingerprint density at radius 3 is 2.50 bits per heavy atom. The van der Waals surface area contributed by atoms with Crippen molar-refractivity contribution < 1.29 is 14.2 Å². The molecule has 166 valence electrons. The third kappa shape index (κ3) is 4.04. The highest BCUT2D eigenvalue weighted by molar-refractivity contribution is 5.72. The number of aromatic nitrogens is 5. The van der Waals surface area contributed by atoms with Crippen molar-refractivity contribution >= 4 is 11.2 Å². The number of hydrogen-bond donors (Lipinski definition) is 1. The van der Waals surface area contributed by atoms with Crippen LogP contribution in [0, 0.1) is 12.7 Å². The van der Waals surface area contributed by atoms with E-state index in [2.05, 4.69) is 9.97 Å². The Hall–Kier alpha value is -3.79. The first-order valence-corrected chi connectivity index (χ1v) is 10.0. The van der Waals surface area contributed by atoms with Gasteiger partial charge in [-0.25, -0.2) is 9.18 Å². The molecule has 0 saturated carbocycles. The first-order valence-electron chi connectivity index (χ1n) is 10.0. The van der Waals surface area contributed by atoms with E-state index in [0.717, 1.165) is 10.1 Å². The molecule has 0 bridgehead atoms. The summed E-state index contributed by atoms with van der Waals surface area (Å²) in [7, 11) is 1.52. The van der Waals surface area contributed by atoms with Gasteiger partial charge in [0, 0.05) is 26.4 Å². The molecule has 9 nitrogen and oxygen atoms in total. The number of nitrogens with zero attached hydrogens (tertiary/aromatic N) is 5. The largest absolute Gasteiger partial charge is 0.425 e. The summed E-state index contributed by atoms with van der Waals surface area (Å²) in [6.45, 7) is 2.00. The molecule has 32 heavy (non-hydrogen) atoms. The lowest BCUT2D eigenvalue weighted by atomic mass is 10.3. The van der Waals surface area contributed by atoms with Crippen molar-refractivity contribution in [1.82, 2.24) is 23.7 Å². The number of ether oxygens (including phenoxy) is 1. The number of imidazole rings is 1. The molecule has 3 aromatic heterocycles. The maximum Gasteiger partial charge on any atom is 0.332 e. The van der Waals surface area contributed by atoms with E-state index >= 15 is 0 Å². The molecule has 0 radical (unpaired) electrons. The Bertz CT molecular complexity index is 1370. The maximum atomic E-state index is 13.3. The Labute approximate surface area is 182 Å². The molecule has 1 aromatic carbocycles. The third-order valence-electron chi connectivity index (χ3n) is 5.05. The van der Waals surface area contributed by atoms with Gasteiger partial charge in [0.15, 0.2) is 11.2 Å². The lowest BCUT2D eigenvalue weighted by Gasteiger charge is -2.11. The SMILES string of the molecule is Cc1ccc(Cn2c(Oc3ccc(F)cc3)nc3c2c(=O)n(CCCO)c(=O)n3C)nc1. The zero-order chi connectivity index (χ0) is 22.8. The topological polar surface area (TPSA) is 104 Å². The molecule has 0 aliphatic carbocycles. The second-order valence-corrected chi connectivity index (χ2v) is 7.41. The molecule has 4 rings (SSSR count). The fraction of sp³-hybridized carbons (Fsp3) is 0.273. The predicted octanol–water partition coefficient (Wildman–Crippen LogP) is 1.96. The van der Waals surface area contributed by atoms with Gasteiger partial charge in [0.05, 0.1) is 12.2 Å². The highest BCUT2D eigenvalue weighted by Crippen LogP contribution is 2.25. The van der Waals surface area contributed by atoms with Crippen molar-refractivity contribution in [2.75, 3.05) is 6.61 Å². The van der Waals surface area contributed by atoms with Crippen molar-refractivity contribution in [3.8, 4) is 11.8 Å². The Kier molecular flexibility index (Phi) is 5.87. The minimum atomic E-state index is -0.539. The highest BCUT2D eigenvalue weighted by Gasteiger charge is 2.22. The second-order valence-electron chi connectivity index (χ2n) is 7.41. The summed E-state index contributed by atoms with van der Waals surface area (Å²) in [4.78, 5) is 34.8. The van der Waals surface area contributed by atoms with Crippen LogP contribution in [0.15, 0.2) is 52.2 Å². The molecule has 3 heterocycles. The molecule has 0 amide bonds. The van der Waals surface area contributed by atoms with E-state index in [9.17, 15) is 14.0 Å². The van der Waals surface area contributed by atoms with Gasteiger partial charge in [-0.3, -0.25) is 23.5 Å². The zero-order valence-electron chi connectivity index (χ0n) is 17.7. The summed E-state index contributed by atoms with van der Waals surface area (Å²) in [5.41, 5.74) is 0.899. The van der Waals surface area contributed by atoms with Crippen LogP contribution in [0.1, 0.15) is 17.7 Å². The molecular formula is C22H22FN5O4. The van der Waals surface area contributed by atoms with Gasteiger partial charge in [0.25, 0.3) is 5.56 Å². The van der Waals surface area contributed by atoms with Crippen molar-refractivity contribution in [3.63, 3.8) is 0 Å². The van der Waals surface area contributed by atoms with Crippen LogP contribution in [0.25, 0.3) is 11.2 Å². The molecule has 0 saturated heterocycles. The van der Waals surface area contributed by atoms with Crippen LogP contribution in [-0.4, -0.2) is 35.4 Å². The molecule has 0 unspecified atom stereocenters. The predicted molar refractivity (Wildman–Crippen MR) is 115 cm³/mol.